The van der Waals surface area contributed by atoms with Gasteiger partial charge in [0.25, 0.3) is 5.91 Å². The van der Waals surface area contributed by atoms with Gasteiger partial charge in [0.2, 0.25) is 0 Å². The molecular weight excluding hydrogens is 328 g/mol. The van der Waals surface area contributed by atoms with Crippen LogP contribution < -0.4 is 10.1 Å². The van der Waals surface area contributed by atoms with Crippen LogP contribution in [0.3, 0.4) is 0 Å². The number of anilines is 1. The number of likely N-dealkylation sites (tertiary alicyclic amines) is 1. The first-order valence-corrected chi connectivity index (χ1v) is 9.89. The molecule has 0 aromatic heterocycles. The summed E-state index contributed by atoms with van der Waals surface area (Å²) >= 11 is 0. The van der Waals surface area contributed by atoms with Gasteiger partial charge in [-0.3, -0.25) is 4.79 Å². The van der Waals surface area contributed by atoms with Crippen LogP contribution in [0, 0.1) is 0 Å². The molecule has 5 heteroatoms. The Labute approximate surface area is 158 Å². The largest absolute Gasteiger partial charge is 0.494 e. The van der Waals surface area contributed by atoms with E-state index in [4.69, 9.17) is 9.47 Å². The predicted molar refractivity (Wildman–Crippen MR) is 106 cm³/mol. The fourth-order valence-corrected chi connectivity index (χ4v) is 3.13. The summed E-state index contributed by atoms with van der Waals surface area (Å²) in [5.74, 6) is 0.706. The minimum absolute atomic E-state index is 0.131. The zero-order valence-corrected chi connectivity index (χ0v) is 16.6. The molecule has 0 spiro atoms. The lowest BCUT2D eigenvalue weighted by molar-refractivity contribution is -0.136. The Balaban J connectivity index is 1.72. The second kappa shape index (κ2) is 10.5. The average molecular weight is 363 g/mol. The molecular formula is C21H34N2O3. The van der Waals surface area contributed by atoms with Crippen LogP contribution in [0.2, 0.25) is 0 Å². The number of methoxy groups -OCH3 is 1. The van der Waals surface area contributed by atoms with Crippen molar-refractivity contribution in [3.8, 4) is 5.75 Å². The summed E-state index contributed by atoms with van der Waals surface area (Å²) in [6, 6.07) is 7.54. The summed E-state index contributed by atoms with van der Waals surface area (Å²) < 4.78 is 11.2. The van der Waals surface area contributed by atoms with Gasteiger partial charge in [-0.25, -0.2) is 0 Å². The number of benzene rings is 1. The molecule has 1 aliphatic heterocycles. The molecule has 5 nitrogen and oxygen atoms in total. The molecule has 1 atom stereocenters. The van der Waals surface area contributed by atoms with Crippen molar-refractivity contribution in [2.75, 3.05) is 38.7 Å². The first-order valence-electron chi connectivity index (χ1n) is 9.89. The molecule has 1 N–H and O–H groups in total. The van der Waals surface area contributed by atoms with Crippen LogP contribution in [-0.2, 0) is 9.53 Å². The van der Waals surface area contributed by atoms with E-state index in [1.54, 1.807) is 14.0 Å². The van der Waals surface area contributed by atoms with E-state index in [0.29, 0.717) is 6.42 Å². The van der Waals surface area contributed by atoms with Crippen LogP contribution in [0.5, 0.6) is 5.75 Å². The van der Waals surface area contributed by atoms with E-state index in [1.807, 2.05) is 31.2 Å². The summed E-state index contributed by atoms with van der Waals surface area (Å²) in [5.41, 5.74) is -0.0497. The molecule has 146 valence electrons. The molecule has 1 amide bonds. The number of amides is 1. The van der Waals surface area contributed by atoms with Crippen molar-refractivity contribution in [3.63, 3.8) is 0 Å². The van der Waals surface area contributed by atoms with Crippen molar-refractivity contribution in [3.05, 3.63) is 24.3 Å². The summed E-state index contributed by atoms with van der Waals surface area (Å²) in [4.78, 5) is 14.8. The Morgan fingerprint density at radius 2 is 1.81 bits per heavy atom. The number of hydrogen-bond donors (Lipinski definition) is 1. The van der Waals surface area contributed by atoms with E-state index in [1.165, 1.54) is 38.8 Å². The van der Waals surface area contributed by atoms with Crippen LogP contribution in [0.15, 0.2) is 24.3 Å². The minimum Gasteiger partial charge on any atom is -0.494 e. The normalized spacial score (nSPS) is 18.0. The third kappa shape index (κ3) is 6.29. The van der Waals surface area contributed by atoms with Gasteiger partial charge >= 0.3 is 0 Å². The molecule has 1 aromatic rings. The Hall–Kier alpha value is -1.59. The Morgan fingerprint density at radius 1 is 1.15 bits per heavy atom. The van der Waals surface area contributed by atoms with Gasteiger partial charge in [0.15, 0.2) is 0 Å². The molecule has 1 aliphatic rings. The molecule has 1 fully saturated rings. The van der Waals surface area contributed by atoms with E-state index >= 15 is 0 Å². The van der Waals surface area contributed by atoms with Crippen LogP contribution in [0.25, 0.3) is 0 Å². The lowest BCUT2D eigenvalue weighted by Gasteiger charge is -2.25. The second-order valence-corrected chi connectivity index (χ2v) is 7.22. The fraction of sp³-hybridized carbons (Fsp3) is 0.667. The third-order valence-corrected chi connectivity index (χ3v) is 5.30. The Morgan fingerprint density at radius 3 is 2.38 bits per heavy atom. The van der Waals surface area contributed by atoms with E-state index in [-0.39, 0.29) is 5.91 Å². The highest BCUT2D eigenvalue weighted by Crippen LogP contribution is 2.20. The van der Waals surface area contributed by atoms with Gasteiger partial charge in [0, 0.05) is 19.3 Å². The van der Waals surface area contributed by atoms with Gasteiger partial charge in [-0.05, 0) is 70.0 Å². The number of ether oxygens (including phenoxy) is 2. The number of carbonyl (C=O) groups is 1. The molecule has 0 unspecified atom stereocenters. The minimum atomic E-state index is -0.803. The zero-order valence-electron chi connectivity index (χ0n) is 16.6. The lowest BCUT2D eigenvalue weighted by atomic mass is 10.0. The Kier molecular flexibility index (Phi) is 8.39. The topological polar surface area (TPSA) is 50.8 Å². The molecule has 0 radical (unpaired) electrons. The van der Waals surface area contributed by atoms with Gasteiger partial charge in [0.05, 0.1) is 6.61 Å². The van der Waals surface area contributed by atoms with Gasteiger partial charge < -0.3 is 19.7 Å². The highest BCUT2D eigenvalue weighted by Gasteiger charge is 2.30. The van der Waals surface area contributed by atoms with Crippen LogP contribution in [0.1, 0.15) is 52.4 Å². The quantitative estimate of drug-likeness (QED) is 0.673. The van der Waals surface area contributed by atoms with Gasteiger partial charge in [-0.2, -0.15) is 0 Å². The average Bonchev–Trinajstić information content (AvgIpc) is 2.94. The van der Waals surface area contributed by atoms with Gasteiger partial charge in [0.1, 0.15) is 11.4 Å². The van der Waals surface area contributed by atoms with E-state index in [2.05, 4.69) is 10.2 Å². The standard InChI is InChI=1S/C21H34N2O3/c1-4-21(2,25-3)20(24)22-18-10-12-19(13-11-18)26-17-9-16-23-14-7-5-6-8-15-23/h10-13H,4-9,14-17H2,1-3H3,(H,22,24)/t21-/m0/s1. The molecule has 1 aromatic carbocycles. The SMILES string of the molecule is CC[C@](C)(OC)C(=O)Nc1ccc(OCCCN2CCCCCC2)cc1. The molecule has 26 heavy (non-hydrogen) atoms. The van der Waals surface area contributed by atoms with Crippen molar-refractivity contribution in [2.24, 2.45) is 0 Å². The number of nitrogens with zero attached hydrogens (tertiary/aromatic N) is 1. The van der Waals surface area contributed by atoms with Gasteiger partial charge in [-0.1, -0.05) is 19.8 Å². The van der Waals surface area contributed by atoms with Crippen molar-refractivity contribution in [2.45, 2.75) is 58.0 Å². The van der Waals surface area contributed by atoms with Crippen molar-refractivity contribution in [1.29, 1.82) is 0 Å². The summed E-state index contributed by atoms with van der Waals surface area (Å²) in [6.07, 6.45) is 7.06. The highest BCUT2D eigenvalue weighted by atomic mass is 16.5. The highest BCUT2D eigenvalue weighted by molar-refractivity contribution is 5.97. The van der Waals surface area contributed by atoms with Gasteiger partial charge in [-0.15, -0.1) is 0 Å². The van der Waals surface area contributed by atoms with E-state index in [0.717, 1.165) is 31.0 Å². The van der Waals surface area contributed by atoms with E-state index in [9.17, 15) is 4.79 Å². The fourth-order valence-electron chi connectivity index (χ4n) is 3.13. The maximum Gasteiger partial charge on any atom is 0.256 e. The first-order chi connectivity index (χ1) is 12.6. The zero-order chi connectivity index (χ0) is 18.8. The molecule has 0 saturated carbocycles. The van der Waals surface area contributed by atoms with Crippen LogP contribution in [0.4, 0.5) is 5.69 Å². The smallest absolute Gasteiger partial charge is 0.256 e. The summed E-state index contributed by atoms with van der Waals surface area (Å²) in [5, 5.41) is 2.90. The van der Waals surface area contributed by atoms with Crippen LogP contribution >= 0.6 is 0 Å². The summed E-state index contributed by atoms with van der Waals surface area (Å²) in [6.45, 7) is 8.02. The van der Waals surface area contributed by atoms with Crippen molar-refractivity contribution < 1.29 is 14.3 Å². The molecule has 0 bridgehead atoms. The van der Waals surface area contributed by atoms with E-state index < -0.39 is 5.60 Å². The number of hydrogen-bond acceptors (Lipinski definition) is 4. The molecule has 2 rings (SSSR count). The monoisotopic (exact) mass is 362 g/mol. The number of rotatable bonds is 9. The maximum atomic E-state index is 12.3. The van der Waals surface area contributed by atoms with Crippen LogP contribution in [-0.4, -0.2) is 49.8 Å². The first kappa shape index (κ1) is 20.7. The molecule has 1 heterocycles. The van der Waals surface area contributed by atoms with Crippen molar-refractivity contribution in [1.82, 2.24) is 4.90 Å². The lowest BCUT2D eigenvalue weighted by Crippen LogP contribution is -2.41. The summed E-state index contributed by atoms with van der Waals surface area (Å²) in [7, 11) is 1.56. The Bertz CT molecular complexity index is 533. The molecule has 0 aliphatic carbocycles. The number of nitrogens with one attached hydrogen (secondary N) is 1. The predicted octanol–water partition coefficient (Wildman–Crippen LogP) is 4.09. The third-order valence-electron chi connectivity index (χ3n) is 5.30. The van der Waals surface area contributed by atoms with Crippen molar-refractivity contribution >= 4 is 11.6 Å². The maximum absolute atomic E-state index is 12.3. The number of carbonyl (C=O) groups excluding carboxylic acids is 1. The second-order valence-electron chi connectivity index (χ2n) is 7.22. The molecule has 1 saturated heterocycles.